The van der Waals surface area contributed by atoms with Gasteiger partial charge in [-0.25, -0.2) is 0 Å². The maximum absolute atomic E-state index is 11.7. The molecule has 7 nitrogen and oxygen atoms in total. The quantitative estimate of drug-likeness (QED) is 0.438. The van der Waals surface area contributed by atoms with Crippen molar-refractivity contribution in [2.45, 2.75) is 12.5 Å². The number of amides is 1. The molecule has 1 unspecified atom stereocenters. The Bertz CT molecular complexity index is 712. The van der Waals surface area contributed by atoms with E-state index < -0.39 is 0 Å². The molecule has 0 radical (unpaired) electrons. The Balaban J connectivity index is 1.48. The second-order valence-electron chi connectivity index (χ2n) is 5.37. The molecule has 0 bridgehead atoms. The Labute approximate surface area is 139 Å². The third kappa shape index (κ3) is 3.87. The molecule has 4 N–H and O–H groups in total. The van der Waals surface area contributed by atoms with Crippen LogP contribution < -0.4 is 21.1 Å². The van der Waals surface area contributed by atoms with Crippen molar-refractivity contribution in [2.24, 2.45) is 10.7 Å². The van der Waals surface area contributed by atoms with Crippen LogP contribution in [0.1, 0.15) is 28.6 Å². The second-order valence-corrected chi connectivity index (χ2v) is 5.37. The summed E-state index contributed by atoms with van der Waals surface area (Å²) in [7, 11) is 0. The number of nitrogens with one attached hydrogen (secondary N) is 2. The molecule has 0 spiro atoms. The molecule has 0 saturated heterocycles. The Kier molecular flexibility index (Phi) is 5.00. The highest BCUT2D eigenvalue weighted by Crippen LogP contribution is 2.31. The van der Waals surface area contributed by atoms with Gasteiger partial charge in [0.1, 0.15) is 5.75 Å². The molecule has 1 atom stereocenters. The highest BCUT2D eigenvalue weighted by molar-refractivity contribution is 5.91. The number of carbonyl (C=O) groups is 1. The SMILES string of the molecule is NC(=NCCNC(=O)c1ccco1)NC1CCOc2ccccc21. The Hall–Kier alpha value is -2.96. The molecule has 2 heterocycles. The number of carbonyl (C=O) groups excluding carboxylic acids is 1. The van der Waals surface area contributed by atoms with E-state index in [1.54, 1.807) is 12.1 Å². The van der Waals surface area contributed by atoms with Crippen LogP contribution in [0.2, 0.25) is 0 Å². The number of fused-ring (bicyclic) bond motifs is 1. The third-order valence-electron chi connectivity index (χ3n) is 3.71. The number of hydrogen-bond donors (Lipinski definition) is 3. The van der Waals surface area contributed by atoms with E-state index in [0.29, 0.717) is 25.7 Å². The summed E-state index contributed by atoms with van der Waals surface area (Å²) < 4.78 is 10.6. The van der Waals surface area contributed by atoms with E-state index in [2.05, 4.69) is 15.6 Å². The van der Waals surface area contributed by atoms with Crippen molar-refractivity contribution in [3.05, 3.63) is 54.0 Å². The molecule has 2 aromatic rings. The minimum absolute atomic E-state index is 0.0800. The van der Waals surface area contributed by atoms with Crippen LogP contribution in [0.5, 0.6) is 5.75 Å². The van der Waals surface area contributed by atoms with E-state index >= 15 is 0 Å². The lowest BCUT2D eigenvalue weighted by atomic mass is 10.0. The molecule has 0 saturated carbocycles. The molecule has 126 valence electrons. The summed E-state index contributed by atoms with van der Waals surface area (Å²) in [5.41, 5.74) is 7.02. The molecular formula is C17H20N4O3. The van der Waals surface area contributed by atoms with E-state index in [1.165, 1.54) is 6.26 Å². The highest BCUT2D eigenvalue weighted by atomic mass is 16.5. The lowest BCUT2D eigenvalue weighted by Crippen LogP contribution is -2.38. The molecule has 1 amide bonds. The topological polar surface area (TPSA) is 102 Å². The molecule has 24 heavy (non-hydrogen) atoms. The number of benzene rings is 1. The summed E-state index contributed by atoms with van der Waals surface area (Å²) >= 11 is 0. The summed E-state index contributed by atoms with van der Waals surface area (Å²) in [6.07, 6.45) is 2.28. The van der Waals surface area contributed by atoms with Crippen molar-refractivity contribution in [3.8, 4) is 5.75 Å². The number of guanidine groups is 1. The van der Waals surface area contributed by atoms with Gasteiger partial charge >= 0.3 is 0 Å². The average molecular weight is 328 g/mol. The van der Waals surface area contributed by atoms with Crippen molar-refractivity contribution < 1.29 is 13.9 Å². The van der Waals surface area contributed by atoms with Gasteiger partial charge in [-0.15, -0.1) is 0 Å². The normalized spacial score (nSPS) is 16.8. The van der Waals surface area contributed by atoms with E-state index in [-0.39, 0.29) is 17.7 Å². The van der Waals surface area contributed by atoms with Crippen LogP contribution >= 0.6 is 0 Å². The van der Waals surface area contributed by atoms with Crippen LogP contribution in [-0.2, 0) is 0 Å². The average Bonchev–Trinajstić information content (AvgIpc) is 3.14. The predicted molar refractivity (Wildman–Crippen MR) is 90.0 cm³/mol. The molecular weight excluding hydrogens is 308 g/mol. The fraction of sp³-hybridized carbons (Fsp3) is 0.294. The number of nitrogens with two attached hydrogens (primary N) is 1. The van der Waals surface area contributed by atoms with Crippen LogP contribution in [0, 0.1) is 0 Å². The largest absolute Gasteiger partial charge is 0.493 e. The molecule has 7 heteroatoms. The minimum atomic E-state index is -0.264. The molecule has 0 aliphatic carbocycles. The first-order chi connectivity index (χ1) is 11.7. The lowest BCUT2D eigenvalue weighted by molar-refractivity contribution is 0.0927. The van der Waals surface area contributed by atoms with E-state index in [1.807, 2.05) is 24.3 Å². The fourth-order valence-electron chi connectivity index (χ4n) is 2.56. The van der Waals surface area contributed by atoms with Crippen molar-refractivity contribution in [1.82, 2.24) is 10.6 Å². The number of furan rings is 1. The maximum Gasteiger partial charge on any atom is 0.287 e. The zero-order valence-electron chi connectivity index (χ0n) is 13.2. The van der Waals surface area contributed by atoms with Gasteiger partial charge in [0.15, 0.2) is 11.7 Å². The first-order valence-electron chi connectivity index (χ1n) is 7.84. The summed E-state index contributed by atoms with van der Waals surface area (Å²) in [6, 6.07) is 11.2. The number of rotatable bonds is 5. The molecule has 1 aliphatic heterocycles. The van der Waals surface area contributed by atoms with Crippen LogP contribution in [0.15, 0.2) is 52.1 Å². The van der Waals surface area contributed by atoms with Crippen molar-refractivity contribution >= 4 is 11.9 Å². The van der Waals surface area contributed by atoms with Gasteiger partial charge in [0.25, 0.3) is 5.91 Å². The van der Waals surface area contributed by atoms with Gasteiger partial charge < -0.3 is 25.5 Å². The van der Waals surface area contributed by atoms with Gasteiger partial charge in [0, 0.05) is 18.5 Å². The molecule has 1 aromatic heterocycles. The number of para-hydroxylation sites is 1. The van der Waals surface area contributed by atoms with Crippen molar-refractivity contribution in [1.29, 1.82) is 0 Å². The van der Waals surface area contributed by atoms with E-state index in [9.17, 15) is 4.79 Å². The van der Waals surface area contributed by atoms with Crippen molar-refractivity contribution in [3.63, 3.8) is 0 Å². The first kappa shape index (κ1) is 15.9. The smallest absolute Gasteiger partial charge is 0.287 e. The molecule has 0 fully saturated rings. The molecule has 3 rings (SSSR count). The van der Waals surface area contributed by atoms with Crippen LogP contribution in [0.25, 0.3) is 0 Å². The summed E-state index contributed by atoms with van der Waals surface area (Å²) in [5, 5.41) is 5.92. The first-order valence-corrected chi connectivity index (χ1v) is 7.84. The van der Waals surface area contributed by atoms with Gasteiger partial charge in [-0.05, 0) is 18.2 Å². The minimum Gasteiger partial charge on any atom is -0.493 e. The second kappa shape index (κ2) is 7.54. The summed E-state index contributed by atoms with van der Waals surface area (Å²) in [6.45, 7) is 1.41. The van der Waals surface area contributed by atoms with Gasteiger partial charge in [0.2, 0.25) is 0 Å². The Morgan fingerprint density at radius 3 is 3.00 bits per heavy atom. The third-order valence-corrected chi connectivity index (χ3v) is 3.71. The number of ether oxygens (including phenoxy) is 1. The van der Waals surface area contributed by atoms with Gasteiger partial charge in [-0.1, -0.05) is 18.2 Å². The number of hydrogen-bond acceptors (Lipinski definition) is 4. The maximum atomic E-state index is 11.7. The van der Waals surface area contributed by atoms with Crippen LogP contribution in [0.3, 0.4) is 0 Å². The van der Waals surface area contributed by atoms with Crippen LogP contribution in [0.4, 0.5) is 0 Å². The van der Waals surface area contributed by atoms with E-state index in [0.717, 1.165) is 17.7 Å². The standard InChI is InChI=1S/C17H20N4O3/c18-17(20-9-8-19-16(22)15-6-3-10-23-15)21-13-7-11-24-14-5-2-1-4-12(13)14/h1-6,10,13H,7-9,11H2,(H,19,22)(H3,18,20,21). The molecule has 1 aliphatic rings. The lowest BCUT2D eigenvalue weighted by Gasteiger charge is -2.26. The highest BCUT2D eigenvalue weighted by Gasteiger charge is 2.21. The van der Waals surface area contributed by atoms with Gasteiger partial charge in [0.05, 0.1) is 25.5 Å². The van der Waals surface area contributed by atoms with Crippen molar-refractivity contribution in [2.75, 3.05) is 19.7 Å². The predicted octanol–water partition coefficient (Wildman–Crippen LogP) is 1.44. The summed E-state index contributed by atoms with van der Waals surface area (Å²) in [4.78, 5) is 15.9. The van der Waals surface area contributed by atoms with Gasteiger partial charge in [-0.3, -0.25) is 9.79 Å². The van der Waals surface area contributed by atoms with Gasteiger partial charge in [-0.2, -0.15) is 0 Å². The number of nitrogens with zero attached hydrogens (tertiary/aromatic N) is 1. The number of aliphatic imine (C=N–C) groups is 1. The molecule has 1 aromatic carbocycles. The fourth-order valence-corrected chi connectivity index (χ4v) is 2.56. The van der Waals surface area contributed by atoms with Crippen LogP contribution in [-0.4, -0.2) is 31.6 Å². The Morgan fingerprint density at radius 2 is 2.17 bits per heavy atom. The monoisotopic (exact) mass is 328 g/mol. The zero-order valence-corrected chi connectivity index (χ0v) is 13.2. The summed E-state index contributed by atoms with van der Waals surface area (Å²) in [5.74, 6) is 1.24. The Morgan fingerprint density at radius 1 is 1.29 bits per heavy atom. The zero-order chi connectivity index (χ0) is 16.8. The van der Waals surface area contributed by atoms with E-state index in [4.69, 9.17) is 14.9 Å².